The number of ketones is 1. The molecule has 1 aromatic carbocycles. The summed E-state index contributed by atoms with van der Waals surface area (Å²) in [6.07, 6.45) is 0.334. The number of carboxylic acids is 1. The molecular formula is C11H11BrO3. The van der Waals surface area contributed by atoms with Gasteiger partial charge in [-0.25, -0.2) is 0 Å². The van der Waals surface area contributed by atoms with E-state index >= 15 is 0 Å². The second-order valence-corrected chi connectivity index (χ2v) is 3.92. The molecule has 0 bridgehead atoms. The van der Waals surface area contributed by atoms with Crippen LogP contribution in [0.1, 0.15) is 29.3 Å². The molecule has 0 aliphatic carbocycles. The molecule has 0 amide bonds. The van der Waals surface area contributed by atoms with E-state index in [-0.39, 0.29) is 12.2 Å². The van der Waals surface area contributed by atoms with Gasteiger partial charge >= 0.3 is 5.97 Å². The first-order valence-electron chi connectivity index (χ1n) is 4.58. The van der Waals surface area contributed by atoms with Crippen LogP contribution < -0.4 is 0 Å². The summed E-state index contributed by atoms with van der Waals surface area (Å²) < 4.78 is 0.597. The number of Topliss-reactive ketones (excluding diaryl/α,β-unsaturated/α-hetero) is 1. The van der Waals surface area contributed by atoms with Crippen molar-refractivity contribution in [3.05, 3.63) is 33.8 Å². The number of carbonyl (C=O) groups excluding carboxylic acids is 1. The summed E-state index contributed by atoms with van der Waals surface area (Å²) in [7, 11) is 0. The molecule has 1 N–H and O–H groups in total. The largest absolute Gasteiger partial charge is 0.481 e. The highest BCUT2D eigenvalue weighted by Gasteiger charge is 2.12. The first-order chi connectivity index (χ1) is 7.06. The van der Waals surface area contributed by atoms with Gasteiger partial charge in [0, 0.05) is 16.5 Å². The zero-order valence-electron chi connectivity index (χ0n) is 8.29. The zero-order valence-corrected chi connectivity index (χ0v) is 9.87. The molecule has 0 saturated carbocycles. The summed E-state index contributed by atoms with van der Waals surface area (Å²) in [6.45, 7) is 1.78. The maximum absolute atomic E-state index is 11.5. The topological polar surface area (TPSA) is 54.4 Å². The molecule has 0 aliphatic heterocycles. The Labute approximate surface area is 96.2 Å². The van der Waals surface area contributed by atoms with Gasteiger partial charge in [0.2, 0.25) is 0 Å². The summed E-state index contributed by atoms with van der Waals surface area (Å²) in [5.74, 6) is -0.897. The van der Waals surface area contributed by atoms with Crippen LogP contribution in [0.2, 0.25) is 0 Å². The second-order valence-electron chi connectivity index (χ2n) is 3.13. The fraction of sp³-hybridized carbons (Fsp3) is 0.273. The highest BCUT2D eigenvalue weighted by atomic mass is 79.9. The van der Waals surface area contributed by atoms with E-state index in [1.807, 2.05) is 0 Å². The Hall–Kier alpha value is -1.16. The molecule has 0 spiro atoms. The quantitative estimate of drug-likeness (QED) is 0.856. The summed E-state index contributed by atoms with van der Waals surface area (Å²) in [6, 6.07) is 5.10. The number of carbonyl (C=O) groups is 2. The lowest BCUT2D eigenvalue weighted by Crippen LogP contribution is -2.04. The van der Waals surface area contributed by atoms with Crippen molar-refractivity contribution in [3.8, 4) is 0 Å². The van der Waals surface area contributed by atoms with Crippen molar-refractivity contribution in [1.29, 1.82) is 0 Å². The van der Waals surface area contributed by atoms with Gasteiger partial charge in [0.25, 0.3) is 0 Å². The molecule has 15 heavy (non-hydrogen) atoms. The van der Waals surface area contributed by atoms with Gasteiger partial charge in [-0.15, -0.1) is 0 Å². The molecule has 0 aliphatic rings. The molecule has 0 atom stereocenters. The highest BCUT2D eigenvalue weighted by Crippen LogP contribution is 2.23. The van der Waals surface area contributed by atoms with Crippen molar-refractivity contribution in [2.75, 3.05) is 0 Å². The van der Waals surface area contributed by atoms with Crippen molar-refractivity contribution >= 4 is 27.7 Å². The van der Waals surface area contributed by atoms with E-state index in [0.717, 1.165) is 0 Å². The van der Waals surface area contributed by atoms with Gasteiger partial charge in [0.1, 0.15) is 0 Å². The molecule has 0 saturated heterocycles. The Kier molecular flexibility index (Phi) is 4.03. The van der Waals surface area contributed by atoms with Crippen molar-refractivity contribution in [2.45, 2.75) is 19.8 Å². The predicted molar refractivity (Wildman–Crippen MR) is 60.1 cm³/mol. The monoisotopic (exact) mass is 270 g/mol. The Morgan fingerprint density at radius 1 is 1.40 bits per heavy atom. The summed E-state index contributed by atoms with van der Waals surface area (Å²) in [5, 5.41) is 8.67. The normalized spacial score (nSPS) is 10.0. The van der Waals surface area contributed by atoms with Gasteiger partial charge in [0.15, 0.2) is 5.78 Å². The molecule has 1 rings (SSSR count). The first kappa shape index (κ1) is 11.9. The number of aliphatic carboxylic acids is 1. The lowest BCUT2D eigenvalue weighted by molar-refractivity contribution is -0.136. The summed E-state index contributed by atoms with van der Waals surface area (Å²) in [5.41, 5.74) is 1.18. The molecule has 0 aromatic heterocycles. The molecule has 4 heteroatoms. The number of carboxylic acid groups (broad SMARTS) is 1. The molecule has 1 aromatic rings. The molecule has 80 valence electrons. The third-order valence-electron chi connectivity index (χ3n) is 2.04. The number of halogens is 1. The van der Waals surface area contributed by atoms with Gasteiger partial charge < -0.3 is 5.11 Å². The minimum Gasteiger partial charge on any atom is -0.481 e. The average Bonchev–Trinajstić information content (AvgIpc) is 2.19. The Bertz CT molecular complexity index is 399. The van der Waals surface area contributed by atoms with Crippen LogP contribution in [0, 0.1) is 0 Å². The fourth-order valence-electron chi connectivity index (χ4n) is 1.29. The Balaban J connectivity index is 3.11. The second kappa shape index (κ2) is 5.07. The van der Waals surface area contributed by atoms with Crippen molar-refractivity contribution in [1.82, 2.24) is 0 Å². The Morgan fingerprint density at radius 2 is 2.07 bits per heavy atom. The van der Waals surface area contributed by atoms with Gasteiger partial charge in [-0.2, -0.15) is 0 Å². The number of hydrogen-bond acceptors (Lipinski definition) is 2. The lowest BCUT2D eigenvalue weighted by Gasteiger charge is -2.06. The van der Waals surface area contributed by atoms with E-state index in [1.165, 1.54) is 0 Å². The van der Waals surface area contributed by atoms with Gasteiger partial charge in [-0.1, -0.05) is 25.1 Å². The average molecular weight is 271 g/mol. The molecule has 0 heterocycles. The molecular weight excluding hydrogens is 260 g/mol. The van der Waals surface area contributed by atoms with Gasteiger partial charge in [0.05, 0.1) is 6.42 Å². The number of rotatable bonds is 4. The highest BCUT2D eigenvalue weighted by molar-refractivity contribution is 9.10. The summed E-state index contributed by atoms with van der Waals surface area (Å²) >= 11 is 3.27. The predicted octanol–water partition coefficient (Wildman–Crippen LogP) is 2.67. The third kappa shape index (κ3) is 2.89. The van der Waals surface area contributed by atoms with Crippen molar-refractivity contribution in [3.63, 3.8) is 0 Å². The minimum atomic E-state index is -0.906. The van der Waals surface area contributed by atoms with E-state index in [0.29, 0.717) is 22.0 Å². The van der Waals surface area contributed by atoms with Crippen molar-refractivity contribution < 1.29 is 14.7 Å². The maximum atomic E-state index is 11.5. The molecule has 0 fully saturated rings. The summed E-state index contributed by atoms with van der Waals surface area (Å²) in [4.78, 5) is 22.1. The van der Waals surface area contributed by atoms with Crippen LogP contribution in [-0.2, 0) is 11.2 Å². The van der Waals surface area contributed by atoms with E-state index in [1.54, 1.807) is 25.1 Å². The maximum Gasteiger partial charge on any atom is 0.307 e. The van der Waals surface area contributed by atoms with Crippen LogP contribution in [0.5, 0.6) is 0 Å². The SMILES string of the molecule is CCC(=O)c1cccc(CC(=O)O)c1Br. The fourth-order valence-corrected chi connectivity index (χ4v) is 1.91. The molecule has 3 nitrogen and oxygen atoms in total. The standard InChI is InChI=1S/C11H11BrO3/c1-2-9(13)8-5-3-4-7(11(8)12)6-10(14)15/h3-5H,2,6H2,1H3,(H,14,15). The molecule has 0 unspecified atom stereocenters. The lowest BCUT2D eigenvalue weighted by atomic mass is 10.0. The van der Waals surface area contributed by atoms with E-state index in [2.05, 4.69) is 15.9 Å². The van der Waals surface area contributed by atoms with Crippen molar-refractivity contribution in [2.24, 2.45) is 0 Å². The molecule has 0 radical (unpaired) electrons. The van der Waals surface area contributed by atoms with Crippen LogP contribution in [0.15, 0.2) is 22.7 Å². The number of benzene rings is 1. The van der Waals surface area contributed by atoms with E-state index in [4.69, 9.17) is 5.11 Å². The van der Waals surface area contributed by atoms with E-state index in [9.17, 15) is 9.59 Å². The van der Waals surface area contributed by atoms with Crippen LogP contribution >= 0.6 is 15.9 Å². The van der Waals surface area contributed by atoms with Gasteiger partial charge in [-0.05, 0) is 21.5 Å². The van der Waals surface area contributed by atoms with E-state index < -0.39 is 5.97 Å². The minimum absolute atomic E-state index is 0.00844. The van der Waals surface area contributed by atoms with Crippen LogP contribution in [0.3, 0.4) is 0 Å². The van der Waals surface area contributed by atoms with Crippen LogP contribution in [-0.4, -0.2) is 16.9 Å². The smallest absolute Gasteiger partial charge is 0.307 e. The van der Waals surface area contributed by atoms with Crippen LogP contribution in [0.25, 0.3) is 0 Å². The van der Waals surface area contributed by atoms with Crippen LogP contribution in [0.4, 0.5) is 0 Å². The Morgan fingerprint density at radius 3 is 2.60 bits per heavy atom. The van der Waals surface area contributed by atoms with Gasteiger partial charge in [-0.3, -0.25) is 9.59 Å². The number of hydrogen-bond donors (Lipinski definition) is 1. The first-order valence-corrected chi connectivity index (χ1v) is 5.38. The zero-order chi connectivity index (χ0) is 11.4. The third-order valence-corrected chi connectivity index (χ3v) is 2.98.